The summed E-state index contributed by atoms with van der Waals surface area (Å²) in [4.78, 5) is 10.9. The molecule has 4 nitrogen and oxygen atoms in total. The molecule has 0 saturated carbocycles. The van der Waals surface area contributed by atoms with E-state index >= 15 is 0 Å². The van der Waals surface area contributed by atoms with Gasteiger partial charge in [0.25, 0.3) is 0 Å². The Labute approximate surface area is 101 Å². The summed E-state index contributed by atoms with van der Waals surface area (Å²) in [5.74, 6) is 1.08. The van der Waals surface area contributed by atoms with Crippen molar-refractivity contribution in [1.29, 1.82) is 0 Å². The second-order valence-electron chi connectivity index (χ2n) is 3.47. The van der Waals surface area contributed by atoms with Crippen LogP contribution < -0.4 is 9.47 Å². The number of methoxy groups -OCH3 is 1. The standard InChI is InChI=1S/C13H18O4/c1-3-9-16-11-6-4-5-7-12(11)17-10-8-13(14)15-2/h4-7H,3,8-10H2,1-2H3. The lowest BCUT2D eigenvalue weighted by Gasteiger charge is -2.11. The number of carbonyl (C=O) groups is 1. The van der Waals surface area contributed by atoms with Gasteiger partial charge >= 0.3 is 5.97 Å². The van der Waals surface area contributed by atoms with Gasteiger partial charge in [0.1, 0.15) is 0 Å². The number of benzene rings is 1. The molecular formula is C13H18O4. The van der Waals surface area contributed by atoms with Crippen LogP contribution in [0.25, 0.3) is 0 Å². The largest absolute Gasteiger partial charge is 0.490 e. The smallest absolute Gasteiger partial charge is 0.308 e. The number of hydrogen-bond acceptors (Lipinski definition) is 4. The van der Waals surface area contributed by atoms with Gasteiger partial charge in [0, 0.05) is 0 Å². The molecule has 0 atom stereocenters. The molecule has 1 aromatic carbocycles. The van der Waals surface area contributed by atoms with Crippen LogP contribution in [0.2, 0.25) is 0 Å². The first-order chi connectivity index (χ1) is 8.27. The van der Waals surface area contributed by atoms with Crippen LogP contribution in [0.4, 0.5) is 0 Å². The lowest BCUT2D eigenvalue weighted by molar-refractivity contribution is -0.141. The zero-order valence-corrected chi connectivity index (χ0v) is 10.3. The van der Waals surface area contributed by atoms with Crippen molar-refractivity contribution in [2.45, 2.75) is 19.8 Å². The number of ether oxygens (including phenoxy) is 3. The summed E-state index contributed by atoms with van der Waals surface area (Å²) in [6, 6.07) is 7.43. The minimum absolute atomic E-state index is 0.235. The Morgan fingerprint density at radius 2 is 1.71 bits per heavy atom. The third-order valence-electron chi connectivity index (χ3n) is 2.10. The number of hydrogen-bond donors (Lipinski definition) is 0. The Kier molecular flexibility index (Phi) is 5.93. The van der Waals surface area contributed by atoms with E-state index in [0.29, 0.717) is 24.7 Å². The van der Waals surface area contributed by atoms with Gasteiger partial charge in [-0.3, -0.25) is 4.79 Å². The number of rotatable bonds is 7. The quantitative estimate of drug-likeness (QED) is 0.684. The van der Waals surface area contributed by atoms with Gasteiger partial charge in [-0.15, -0.1) is 0 Å². The van der Waals surface area contributed by atoms with Crippen molar-refractivity contribution < 1.29 is 19.0 Å². The predicted molar refractivity (Wildman–Crippen MR) is 64.4 cm³/mol. The first-order valence-electron chi connectivity index (χ1n) is 5.69. The third-order valence-corrected chi connectivity index (χ3v) is 2.10. The van der Waals surface area contributed by atoms with E-state index in [1.54, 1.807) is 0 Å². The van der Waals surface area contributed by atoms with Crippen LogP contribution in [0.15, 0.2) is 24.3 Å². The highest BCUT2D eigenvalue weighted by Gasteiger charge is 2.05. The highest BCUT2D eigenvalue weighted by Crippen LogP contribution is 2.26. The molecule has 1 aromatic rings. The molecule has 0 unspecified atom stereocenters. The molecule has 0 amide bonds. The molecule has 0 bridgehead atoms. The molecule has 0 fully saturated rings. The first-order valence-corrected chi connectivity index (χ1v) is 5.69. The number of carbonyl (C=O) groups excluding carboxylic acids is 1. The zero-order chi connectivity index (χ0) is 12.5. The predicted octanol–water partition coefficient (Wildman–Crippen LogP) is 2.42. The van der Waals surface area contributed by atoms with Gasteiger partial charge in [0.2, 0.25) is 0 Å². The maximum absolute atomic E-state index is 10.9. The Morgan fingerprint density at radius 1 is 1.12 bits per heavy atom. The summed E-state index contributed by atoms with van der Waals surface area (Å²) >= 11 is 0. The van der Waals surface area contributed by atoms with E-state index < -0.39 is 0 Å². The van der Waals surface area contributed by atoms with E-state index in [4.69, 9.17) is 9.47 Å². The van der Waals surface area contributed by atoms with E-state index in [-0.39, 0.29) is 12.4 Å². The highest BCUT2D eigenvalue weighted by molar-refractivity contribution is 5.69. The molecule has 0 spiro atoms. The van der Waals surface area contributed by atoms with Gasteiger partial charge in [-0.25, -0.2) is 0 Å². The SMILES string of the molecule is CCCOc1ccccc1OCCC(=O)OC. The molecule has 0 aliphatic heterocycles. The monoisotopic (exact) mass is 238 g/mol. The molecule has 17 heavy (non-hydrogen) atoms. The van der Waals surface area contributed by atoms with Crippen molar-refractivity contribution in [2.75, 3.05) is 20.3 Å². The van der Waals surface area contributed by atoms with Crippen LogP contribution in [-0.2, 0) is 9.53 Å². The van der Waals surface area contributed by atoms with Crippen molar-refractivity contribution in [2.24, 2.45) is 0 Å². The number of esters is 1. The Hall–Kier alpha value is -1.71. The van der Waals surface area contributed by atoms with E-state index in [9.17, 15) is 4.79 Å². The Balaban J connectivity index is 2.48. The summed E-state index contributed by atoms with van der Waals surface area (Å²) in [5, 5.41) is 0. The molecule has 0 aromatic heterocycles. The zero-order valence-electron chi connectivity index (χ0n) is 10.3. The second kappa shape index (κ2) is 7.54. The molecule has 94 valence electrons. The van der Waals surface area contributed by atoms with Crippen molar-refractivity contribution in [3.63, 3.8) is 0 Å². The van der Waals surface area contributed by atoms with Gasteiger partial charge in [-0.2, -0.15) is 0 Å². The van der Waals surface area contributed by atoms with Crippen molar-refractivity contribution in [3.05, 3.63) is 24.3 Å². The maximum Gasteiger partial charge on any atom is 0.308 e. The van der Waals surface area contributed by atoms with E-state index in [2.05, 4.69) is 4.74 Å². The van der Waals surface area contributed by atoms with Crippen LogP contribution in [0.3, 0.4) is 0 Å². The fourth-order valence-electron chi connectivity index (χ4n) is 1.25. The van der Waals surface area contributed by atoms with Crippen LogP contribution in [0, 0.1) is 0 Å². The minimum atomic E-state index is -0.281. The van der Waals surface area contributed by atoms with Gasteiger partial charge in [0.05, 0.1) is 26.7 Å². The summed E-state index contributed by atoms with van der Waals surface area (Å²) in [7, 11) is 1.36. The lowest BCUT2D eigenvalue weighted by atomic mass is 10.3. The van der Waals surface area contributed by atoms with Crippen molar-refractivity contribution in [3.8, 4) is 11.5 Å². The molecule has 0 N–H and O–H groups in total. The number of para-hydroxylation sites is 2. The van der Waals surface area contributed by atoms with Crippen LogP contribution in [0.5, 0.6) is 11.5 Å². The molecule has 0 radical (unpaired) electrons. The molecule has 4 heteroatoms. The second-order valence-corrected chi connectivity index (χ2v) is 3.47. The van der Waals surface area contributed by atoms with Crippen LogP contribution >= 0.6 is 0 Å². The fourth-order valence-corrected chi connectivity index (χ4v) is 1.25. The third kappa shape index (κ3) is 4.76. The molecule has 1 rings (SSSR count). The highest BCUT2D eigenvalue weighted by atomic mass is 16.5. The van der Waals surface area contributed by atoms with Crippen LogP contribution in [-0.4, -0.2) is 26.3 Å². The average Bonchev–Trinajstić information content (AvgIpc) is 2.37. The fraction of sp³-hybridized carbons (Fsp3) is 0.462. The summed E-state index contributed by atoms with van der Waals surface area (Å²) in [6.45, 7) is 2.98. The van der Waals surface area contributed by atoms with Gasteiger partial charge < -0.3 is 14.2 Å². The topological polar surface area (TPSA) is 44.8 Å². The Bertz CT molecular complexity index is 349. The Morgan fingerprint density at radius 3 is 2.24 bits per heavy atom. The molecule has 0 aliphatic rings. The summed E-state index contributed by atoms with van der Waals surface area (Å²) in [6.07, 6.45) is 1.18. The first kappa shape index (κ1) is 13.4. The normalized spacial score (nSPS) is 9.76. The van der Waals surface area contributed by atoms with E-state index in [1.807, 2.05) is 31.2 Å². The van der Waals surface area contributed by atoms with Crippen LogP contribution in [0.1, 0.15) is 19.8 Å². The van der Waals surface area contributed by atoms with E-state index in [0.717, 1.165) is 6.42 Å². The van der Waals surface area contributed by atoms with Gasteiger partial charge in [0.15, 0.2) is 11.5 Å². The molecule has 0 aliphatic carbocycles. The molecule has 0 saturated heterocycles. The van der Waals surface area contributed by atoms with Gasteiger partial charge in [-0.1, -0.05) is 19.1 Å². The van der Waals surface area contributed by atoms with Crippen molar-refractivity contribution in [1.82, 2.24) is 0 Å². The molecular weight excluding hydrogens is 220 g/mol. The molecule has 0 heterocycles. The minimum Gasteiger partial charge on any atom is -0.490 e. The summed E-state index contributed by atoms with van der Waals surface area (Å²) in [5.41, 5.74) is 0. The maximum atomic E-state index is 10.9. The van der Waals surface area contributed by atoms with E-state index in [1.165, 1.54) is 7.11 Å². The van der Waals surface area contributed by atoms with Gasteiger partial charge in [-0.05, 0) is 18.6 Å². The summed E-state index contributed by atoms with van der Waals surface area (Å²) < 4.78 is 15.5. The van der Waals surface area contributed by atoms with Crippen molar-refractivity contribution >= 4 is 5.97 Å². The lowest BCUT2D eigenvalue weighted by Crippen LogP contribution is -2.08. The average molecular weight is 238 g/mol.